The summed E-state index contributed by atoms with van der Waals surface area (Å²) in [6.45, 7) is 1.46. The maximum atomic E-state index is 12.7. The van der Waals surface area contributed by atoms with Gasteiger partial charge in [-0.15, -0.1) is 0 Å². The molecule has 4 rings (SSSR count). The molecule has 2 aromatic carbocycles. The molecule has 1 N–H and O–H groups in total. The van der Waals surface area contributed by atoms with Crippen molar-refractivity contribution in [1.29, 1.82) is 0 Å². The summed E-state index contributed by atoms with van der Waals surface area (Å²) in [7, 11) is 1.81. The van der Waals surface area contributed by atoms with E-state index in [1.54, 1.807) is 23.0 Å². The van der Waals surface area contributed by atoms with Gasteiger partial charge < -0.3 is 14.8 Å². The molecule has 0 bridgehead atoms. The fourth-order valence-corrected chi connectivity index (χ4v) is 3.14. The Labute approximate surface area is 161 Å². The molecule has 1 amide bonds. The average molecular weight is 384 g/mol. The third-order valence-corrected chi connectivity index (χ3v) is 4.62. The van der Waals surface area contributed by atoms with Crippen LogP contribution in [0.3, 0.4) is 0 Å². The molecule has 0 saturated carbocycles. The van der Waals surface area contributed by atoms with Crippen molar-refractivity contribution in [3.8, 4) is 22.8 Å². The minimum absolute atomic E-state index is 0.192. The van der Waals surface area contributed by atoms with Crippen LogP contribution in [0, 0.1) is 0 Å². The predicted molar refractivity (Wildman–Crippen MR) is 102 cm³/mol. The molecule has 0 atom stereocenters. The van der Waals surface area contributed by atoms with Gasteiger partial charge in [0.05, 0.1) is 17.5 Å². The molecule has 0 unspecified atom stereocenters. The van der Waals surface area contributed by atoms with Crippen LogP contribution in [0.4, 0.5) is 0 Å². The number of carbonyl (C=O) groups is 1. The molecule has 0 aliphatic carbocycles. The van der Waals surface area contributed by atoms with E-state index in [4.69, 9.17) is 21.1 Å². The Bertz CT molecular complexity index is 983. The minimum atomic E-state index is -0.192. The van der Waals surface area contributed by atoms with Crippen molar-refractivity contribution >= 4 is 17.5 Å². The molecule has 1 aromatic heterocycles. The van der Waals surface area contributed by atoms with Crippen LogP contribution in [-0.2, 0) is 13.6 Å². The number of aromatic nitrogens is 2. The number of nitrogens with zero attached hydrogens (tertiary/aromatic N) is 2. The number of fused-ring (bicyclic) bond motifs is 1. The highest BCUT2D eigenvalue weighted by atomic mass is 35.5. The molecule has 138 valence electrons. The van der Waals surface area contributed by atoms with Crippen molar-refractivity contribution in [2.75, 3.05) is 13.2 Å². The zero-order valence-electron chi connectivity index (χ0n) is 14.7. The SMILES string of the molecule is Cn1ncc(C(=O)NCc2ccc(Cl)cc2)c1-c1ccc2c(c1)OCCO2. The lowest BCUT2D eigenvalue weighted by Crippen LogP contribution is -2.23. The van der Waals surface area contributed by atoms with Gasteiger partial charge in [0.1, 0.15) is 13.2 Å². The third kappa shape index (κ3) is 3.61. The van der Waals surface area contributed by atoms with Crippen LogP contribution < -0.4 is 14.8 Å². The molecular weight excluding hydrogens is 366 g/mol. The van der Waals surface area contributed by atoms with E-state index in [1.807, 2.05) is 37.4 Å². The van der Waals surface area contributed by atoms with E-state index in [0.29, 0.717) is 41.8 Å². The van der Waals surface area contributed by atoms with Gasteiger partial charge in [-0.3, -0.25) is 9.48 Å². The highest BCUT2D eigenvalue weighted by molar-refractivity contribution is 6.30. The molecule has 0 radical (unpaired) electrons. The van der Waals surface area contributed by atoms with Crippen molar-refractivity contribution in [3.63, 3.8) is 0 Å². The molecule has 1 aliphatic heterocycles. The second-order valence-electron chi connectivity index (χ2n) is 6.20. The monoisotopic (exact) mass is 383 g/mol. The number of ether oxygens (including phenoxy) is 2. The summed E-state index contributed by atoms with van der Waals surface area (Å²) in [6.07, 6.45) is 1.57. The number of benzene rings is 2. The lowest BCUT2D eigenvalue weighted by Gasteiger charge is -2.19. The zero-order chi connectivity index (χ0) is 18.8. The summed E-state index contributed by atoms with van der Waals surface area (Å²) in [5.74, 6) is 1.19. The molecule has 6 nitrogen and oxygen atoms in total. The summed E-state index contributed by atoms with van der Waals surface area (Å²) in [4.78, 5) is 12.7. The lowest BCUT2D eigenvalue weighted by atomic mass is 10.1. The van der Waals surface area contributed by atoms with Crippen LogP contribution in [0.5, 0.6) is 11.5 Å². The van der Waals surface area contributed by atoms with Crippen LogP contribution >= 0.6 is 11.6 Å². The topological polar surface area (TPSA) is 65.4 Å². The summed E-state index contributed by atoms with van der Waals surface area (Å²) in [6, 6.07) is 13.0. The van der Waals surface area contributed by atoms with E-state index in [-0.39, 0.29) is 5.91 Å². The van der Waals surface area contributed by atoms with Crippen LogP contribution in [0.25, 0.3) is 11.3 Å². The second-order valence-corrected chi connectivity index (χ2v) is 6.63. The number of hydrogen-bond acceptors (Lipinski definition) is 4. The van der Waals surface area contributed by atoms with E-state index < -0.39 is 0 Å². The molecule has 7 heteroatoms. The van der Waals surface area contributed by atoms with Crippen molar-refractivity contribution in [1.82, 2.24) is 15.1 Å². The predicted octanol–water partition coefficient (Wildman–Crippen LogP) is 3.44. The Morgan fingerprint density at radius 2 is 1.89 bits per heavy atom. The summed E-state index contributed by atoms with van der Waals surface area (Å²) in [5, 5.41) is 7.85. The number of halogens is 1. The van der Waals surface area contributed by atoms with Gasteiger partial charge in [0.15, 0.2) is 11.5 Å². The van der Waals surface area contributed by atoms with Crippen LogP contribution in [0.1, 0.15) is 15.9 Å². The maximum absolute atomic E-state index is 12.7. The van der Waals surface area contributed by atoms with Crippen molar-refractivity contribution in [2.45, 2.75) is 6.54 Å². The van der Waals surface area contributed by atoms with Gasteiger partial charge in [0, 0.05) is 24.2 Å². The number of carbonyl (C=O) groups excluding carboxylic acids is 1. The Morgan fingerprint density at radius 3 is 2.67 bits per heavy atom. The van der Waals surface area contributed by atoms with Gasteiger partial charge in [-0.25, -0.2) is 0 Å². The Hall–Kier alpha value is -2.99. The fraction of sp³-hybridized carbons (Fsp3) is 0.200. The van der Waals surface area contributed by atoms with Crippen LogP contribution in [0.15, 0.2) is 48.7 Å². The van der Waals surface area contributed by atoms with Crippen LogP contribution in [0.2, 0.25) is 5.02 Å². The van der Waals surface area contributed by atoms with Crippen molar-refractivity contribution in [3.05, 3.63) is 64.8 Å². The Balaban J connectivity index is 1.57. The Kier molecular flexibility index (Phi) is 4.73. The van der Waals surface area contributed by atoms with Gasteiger partial charge in [-0.2, -0.15) is 5.10 Å². The lowest BCUT2D eigenvalue weighted by molar-refractivity contribution is 0.0951. The van der Waals surface area contributed by atoms with E-state index in [9.17, 15) is 4.79 Å². The molecule has 0 fully saturated rings. The molecule has 1 aliphatic rings. The second kappa shape index (κ2) is 7.32. The van der Waals surface area contributed by atoms with Gasteiger partial charge in [-0.1, -0.05) is 23.7 Å². The average Bonchev–Trinajstić information content (AvgIpc) is 3.08. The normalized spacial score (nSPS) is 12.7. The Morgan fingerprint density at radius 1 is 1.15 bits per heavy atom. The first-order valence-corrected chi connectivity index (χ1v) is 8.94. The number of rotatable bonds is 4. The van der Waals surface area contributed by atoms with E-state index >= 15 is 0 Å². The van der Waals surface area contributed by atoms with E-state index in [1.165, 1.54) is 0 Å². The van der Waals surface area contributed by atoms with E-state index in [2.05, 4.69) is 10.4 Å². The number of nitrogens with one attached hydrogen (secondary N) is 1. The van der Waals surface area contributed by atoms with Crippen LogP contribution in [-0.4, -0.2) is 28.9 Å². The molecule has 0 spiro atoms. The first-order chi connectivity index (χ1) is 13.1. The van der Waals surface area contributed by atoms with Gasteiger partial charge in [0.2, 0.25) is 0 Å². The maximum Gasteiger partial charge on any atom is 0.255 e. The van der Waals surface area contributed by atoms with Gasteiger partial charge in [0.25, 0.3) is 5.91 Å². The molecule has 0 saturated heterocycles. The fourth-order valence-electron chi connectivity index (χ4n) is 3.02. The number of amides is 1. The zero-order valence-corrected chi connectivity index (χ0v) is 15.5. The summed E-state index contributed by atoms with van der Waals surface area (Å²) in [5.41, 5.74) is 3.04. The summed E-state index contributed by atoms with van der Waals surface area (Å²) < 4.78 is 12.9. The van der Waals surface area contributed by atoms with Crippen molar-refractivity contribution < 1.29 is 14.3 Å². The minimum Gasteiger partial charge on any atom is -0.486 e. The smallest absolute Gasteiger partial charge is 0.255 e. The molecular formula is C20H18ClN3O3. The largest absolute Gasteiger partial charge is 0.486 e. The van der Waals surface area contributed by atoms with Crippen molar-refractivity contribution in [2.24, 2.45) is 7.05 Å². The standard InChI is InChI=1S/C20H18ClN3O3/c1-24-19(14-4-7-17-18(10-14)27-9-8-26-17)16(12-23-24)20(25)22-11-13-2-5-15(21)6-3-13/h2-7,10,12H,8-9,11H2,1H3,(H,22,25). The number of aryl methyl sites for hydroxylation is 1. The first kappa shape index (κ1) is 17.4. The van der Waals surface area contributed by atoms with E-state index in [0.717, 1.165) is 16.8 Å². The van der Waals surface area contributed by atoms with Gasteiger partial charge in [-0.05, 0) is 35.9 Å². The highest BCUT2D eigenvalue weighted by Gasteiger charge is 2.20. The summed E-state index contributed by atoms with van der Waals surface area (Å²) >= 11 is 5.89. The quantitative estimate of drug-likeness (QED) is 0.749. The highest BCUT2D eigenvalue weighted by Crippen LogP contribution is 2.35. The van der Waals surface area contributed by atoms with Gasteiger partial charge >= 0.3 is 0 Å². The molecule has 3 aromatic rings. The number of hydrogen-bond donors (Lipinski definition) is 1. The first-order valence-electron chi connectivity index (χ1n) is 8.56. The third-order valence-electron chi connectivity index (χ3n) is 4.37. The molecule has 27 heavy (non-hydrogen) atoms. The molecule has 2 heterocycles.